The molecule has 5 atom stereocenters. The Morgan fingerprint density at radius 2 is 1.71 bits per heavy atom. The predicted molar refractivity (Wildman–Crippen MR) is 312 cm³/mol. The van der Waals surface area contributed by atoms with Crippen LogP contribution in [0.25, 0.3) is 11.0 Å². The van der Waals surface area contributed by atoms with E-state index in [9.17, 15) is 32.1 Å². The number of hydrogen-bond donors (Lipinski definition) is 3. The van der Waals surface area contributed by atoms with Crippen molar-refractivity contribution < 1.29 is 50.6 Å². The minimum atomic E-state index is -4.74. The number of fused-ring (bicyclic) bond motifs is 4. The van der Waals surface area contributed by atoms with E-state index in [-0.39, 0.29) is 71.8 Å². The number of ether oxygens (including phenoxy) is 5. The third-order valence-corrected chi connectivity index (χ3v) is 20.0. The average Bonchev–Trinajstić information content (AvgIpc) is 1.40. The monoisotopic (exact) mass is 1170 g/mol. The number of nitro groups is 1. The molecule has 4 aromatic carbocycles. The lowest BCUT2D eigenvalue weighted by Crippen LogP contribution is -2.60. The van der Waals surface area contributed by atoms with Gasteiger partial charge in [0.1, 0.15) is 29.8 Å². The lowest BCUT2D eigenvalue weighted by atomic mass is 9.59. The van der Waals surface area contributed by atoms with Gasteiger partial charge in [-0.2, -0.15) is 4.98 Å². The molecule has 0 radical (unpaired) electrons. The topological polar surface area (TPSA) is 206 Å². The average molecular weight is 1170 g/mol. The first-order valence-electron chi connectivity index (χ1n) is 29.6. The predicted octanol–water partition coefficient (Wildman–Crippen LogP) is 10.2. The van der Waals surface area contributed by atoms with Crippen molar-refractivity contribution in [2.75, 3.05) is 80.9 Å². The van der Waals surface area contributed by atoms with Crippen molar-refractivity contribution in [3.05, 3.63) is 130 Å². The van der Waals surface area contributed by atoms with Gasteiger partial charge in [0, 0.05) is 99.6 Å². The number of sulfonamides is 1. The van der Waals surface area contributed by atoms with Gasteiger partial charge in [0.2, 0.25) is 5.88 Å². The molecule has 0 bridgehead atoms. The largest absolute Gasteiger partial charge is 0.491 e. The Kier molecular flexibility index (Phi) is 15.2. The smallest absolute Gasteiger partial charge is 0.297 e. The number of amides is 1. The molecule has 1 saturated carbocycles. The number of aromatic amines is 1. The summed E-state index contributed by atoms with van der Waals surface area (Å²) in [5.41, 5.74) is 4.22. The van der Waals surface area contributed by atoms with Crippen molar-refractivity contribution >= 4 is 55.4 Å². The molecule has 7 aliphatic rings. The molecule has 2 aromatic heterocycles. The Morgan fingerprint density at radius 3 is 2.49 bits per heavy atom. The highest BCUT2D eigenvalue weighted by Crippen LogP contribution is 2.55. The molecule has 0 unspecified atom stereocenters. The molecule has 5 fully saturated rings. The number of rotatable bonds is 14. The molecule has 3 N–H and O–H groups in total. The molecule has 13 rings (SSSR count). The number of benzene rings is 4. The quantitative estimate of drug-likeness (QED) is 0.0685. The van der Waals surface area contributed by atoms with Gasteiger partial charge in [-0.15, -0.1) is 0 Å². The molecule has 8 heterocycles. The molecular weight excluding hydrogens is 1100 g/mol. The zero-order valence-corrected chi connectivity index (χ0v) is 48.3. The summed E-state index contributed by atoms with van der Waals surface area (Å²) in [6, 6.07) is 23.8. The highest BCUT2D eigenvalue weighted by atomic mass is 32.2. The van der Waals surface area contributed by atoms with Gasteiger partial charge >= 0.3 is 0 Å². The SMILES string of the molecule is CC[C@H](c1ccc(F)c(F)c1)N1CCN(C2CC3(CCN(c4ccc(C(=O)NS(=O)(=O)c5cc6c(c([N+](=O)[O-])c5)N[C@H](C5CCOCC5)CO6)c(N5c6cc7cc[nH]c7nc6O[C@H]6COCC[C@@H]65)c4)CC3)C2)[C@H](c2ccccc2OC(C)C)C1. The molecular formula is C62H71F2N9O10S. The Hall–Kier alpha value is -7.11. The van der Waals surface area contributed by atoms with Crippen LogP contribution in [0.1, 0.15) is 106 Å². The van der Waals surface area contributed by atoms with Gasteiger partial charge in [-0.05, 0) is 131 Å². The molecule has 1 spiro atoms. The van der Waals surface area contributed by atoms with Crippen LogP contribution in [0.5, 0.6) is 17.4 Å². The van der Waals surface area contributed by atoms with Gasteiger partial charge in [0.15, 0.2) is 23.1 Å². The maximum Gasteiger partial charge on any atom is 0.297 e. The first-order valence-corrected chi connectivity index (χ1v) is 31.1. The Morgan fingerprint density at radius 1 is 0.917 bits per heavy atom. The van der Waals surface area contributed by atoms with Gasteiger partial charge in [-0.1, -0.05) is 31.2 Å². The molecule has 19 nitrogen and oxygen atoms in total. The number of carbonyl (C=O) groups is 1. The second-order valence-electron chi connectivity index (χ2n) is 24.0. The number of nitrogens with zero attached hydrogens (tertiary/aromatic N) is 6. The molecule has 444 valence electrons. The van der Waals surface area contributed by atoms with Crippen molar-refractivity contribution in [2.24, 2.45) is 11.3 Å². The van der Waals surface area contributed by atoms with Crippen LogP contribution in [-0.4, -0.2) is 135 Å². The van der Waals surface area contributed by atoms with Crippen LogP contribution in [0.4, 0.5) is 37.2 Å². The fourth-order valence-corrected chi connectivity index (χ4v) is 15.4. The first-order chi connectivity index (χ1) is 40.6. The molecule has 6 aromatic rings. The number of carbonyl (C=O) groups excluding carboxylic acids is 1. The van der Waals surface area contributed by atoms with Gasteiger partial charge in [0.05, 0.1) is 51.9 Å². The third-order valence-electron chi connectivity index (χ3n) is 18.7. The van der Waals surface area contributed by atoms with Crippen LogP contribution in [0, 0.1) is 33.1 Å². The van der Waals surface area contributed by atoms with Crippen LogP contribution in [-0.2, 0) is 19.5 Å². The maximum atomic E-state index is 14.9. The highest BCUT2D eigenvalue weighted by Gasteiger charge is 2.51. The van der Waals surface area contributed by atoms with Gasteiger partial charge in [-0.3, -0.25) is 24.7 Å². The number of nitrogens with one attached hydrogen (secondary N) is 3. The van der Waals surface area contributed by atoms with Crippen molar-refractivity contribution in [1.82, 2.24) is 24.5 Å². The molecule has 4 saturated heterocycles. The van der Waals surface area contributed by atoms with Gasteiger partial charge in [0.25, 0.3) is 21.6 Å². The lowest BCUT2D eigenvalue weighted by molar-refractivity contribution is -0.384. The molecule has 84 heavy (non-hydrogen) atoms. The zero-order valence-electron chi connectivity index (χ0n) is 47.4. The minimum Gasteiger partial charge on any atom is -0.491 e. The van der Waals surface area contributed by atoms with Crippen LogP contribution in [0.15, 0.2) is 96.0 Å². The zero-order chi connectivity index (χ0) is 58.0. The van der Waals surface area contributed by atoms with E-state index < -0.39 is 49.2 Å². The van der Waals surface area contributed by atoms with Crippen molar-refractivity contribution in [1.29, 1.82) is 0 Å². The van der Waals surface area contributed by atoms with Crippen LogP contribution >= 0.6 is 0 Å². The lowest BCUT2D eigenvalue weighted by Gasteiger charge is -2.58. The fourth-order valence-electron chi connectivity index (χ4n) is 14.4. The summed E-state index contributed by atoms with van der Waals surface area (Å²) >= 11 is 0. The van der Waals surface area contributed by atoms with E-state index in [4.69, 9.17) is 28.7 Å². The van der Waals surface area contributed by atoms with Gasteiger partial charge in [-0.25, -0.2) is 21.9 Å². The fraction of sp³-hybridized carbons (Fsp3) is 0.484. The second kappa shape index (κ2) is 22.7. The number of halogens is 2. The molecule has 22 heteroatoms. The number of piperidine rings is 1. The molecule has 1 amide bonds. The minimum absolute atomic E-state index is 0.00183. The number of pyridine rings is 1. The second-order valence-corrected chi connectivity index (χ2v) is 25.7. The number of piperazine rings is 1. The normalized spacial score (nSPS) is 23.4. The van der Waals surface area contributed by atoms with E-state index in [2.05, 4.69) is 53.7 Å². The number of hydrogen-bond acceptors (Lipinski definition) is 16. The summed E-state index contributed by atoms with van der Waals surface area (Å²) in [5.74, 6) is -1.26. The number of anilines is 4. The highest BCUT2D eigenvalue weighted by molar-refractivity contribution is 7.90. The summed E-state index contributed by atoms with van der Waals surface area (Å²) in [4.78, 5) is 43.9. The van der Waals surface area contributed by atoms with Crippen LogP contribution in [0.2, 0.25) is 0 Å². The van der Waals surface area contributed by atoms with E-state index in [1.807, 2.05) is 50.2 Å². The number of nitro benzene ring substituents is 1. The maximum absolute atomic E-state index is 14.9. The Bertz CT molecular complexity index is 3590. The number of aromatic nitrogens is 2. The van der Waals surface area contributed by atoms with Crippen molar-refractivity contribution in [3.63, 3.8) is 0 Å². The number of H-pyrrole nitrogens is 1. The van der Waals surface area contributed by atoms with Crippen LogP contribution < -0.4 is 34.0 Å². The summed E-state index contributed by atoms with van der Waals surface area (Å²) in [6.07, 6.45) is 7.99. The Labute approximate surface area is 487 Å². The van der Waals surface area contributed by atoms with Gasteiger partial charge < -0.3 is 43.8 Å². The van der Waals surface area contributed by atoms with E-state index >= 15 is 0 Å². The number of para-hydroxylation sites is 1. The van der Waals surface area contributed by atoms with Crippen molar-refractivity contribution in [2.45, 2.75) is 119 Å². The van der Waals surface area contributed by atoms with E-state index in [1.54, 1.807) is 18.3 Å². The Balaban J connectivity index is 0.777. The third kappa shape index (κ3) is 10.7. The summed E-state index contributed by atoms with van der Waals surface area (Å²) in [6.45, 7) is 11.9. The molecule has 6 aliphatic heterocycles. The summed E-state index contributed by atoms with van der Waals surface area (Å²) in [7, 11) is -4.74. The first kappa shape index (κ1) is 56.0. The van der Waals surface area contributed by atoms with E-state index in [1.165, 1.54) is 18.2 Å². The van der Waals surface area contributed by atoms with Crippen molar-refractivity contribution in [3.8, 4) is 17.4 Å². The standard InChI is InChI=1S/C62H71F2N9O10S/c1-4-49(39-9-12-46(63)47(64)27-39)70-22-23-71(54(34-70)44-7-5-6-8-55(44)82-37(2)3)42-32-62(33-42)17-20-69(21-18-62)41-10-11-45(51(29-41)72-50-16-26-80-36-57(50)83-61-53(72)28-40-13-19-65-59(40)67-61)60(74)68-84(77,78)43-30-52(73(75)76)58-56(31-43)81-35-48(66-58)38-14-24-79-25-15-38/h5-13,19,27-31,37-38,42,48-50,54,57,66H,4,14-18,20-26,32-36H2,1-3H3,(H,65,67)(H,68,74)/t48-,49+,50-,54-,57-/m0/s1. The summed E-state index contributed by atoms with van der Waals surface area (Å²) in [5, 5.41) is 16.7. The van der Waals surface area contributed by atoms with E-state index in [0.29, 0.717) is 61.7 Å². The summed E-state index contributed by atoms with van der Waals surface area (Å²) < 4.78 is 90.6. The van der Waals surface area contributed by atoms with Crippen LogP contribution in [0.3, 0.4) is 0 Å². The van der Waals surface area contributed by atoms with E-state index in [0.717, 1.165) is 105 Å². The molecule has 1 aliphatic carbocycles.